The zero-order valence-electron chi connectivity index (χ0n) is 10.2. The summed E-state index contributed by atoms with van der Waals surface area (Å²) in [4.78, 5) is 4.43. The molecular formula is C13H20N2O2. The maximum Gasteiger partial charge on any atom is 0.0633 e. The van der Waals surface area contributed by atoms with E-state index in [2.05, 4.69) is 16.4 Å². The van der Waals surface area contributed by atoms with E-state index in [0.717, 1.165) is 25.0 Å². The lowest BCUT2D eigenvalue weighted by molar-refractivity contribution is 0.0908. The van der Waals surface area contributed by atoms with Crippen LogP contribution in [0.5, 0.6) is 0 Å². The second kappa shape index (κ2) is 5.12. The van der Waals surface area contributed by atoms with Gasteiger partial charge < -0.3 is 10.2 Å². The van der Waals surface area contributed by atoms with E-state index in [-0.39, 0.29) is 19.3 Å². The van der Waals surface area contributed by atoms with Crippen molar-refractivity contribution in [3.05, 3.63) is 29.6 Å². The fourth-order valence-electron chi connectivity index (χ4n) is 2.31. The molecule has 0 saturated heterocycles. The number of aryl methyl sites for hydroxylation is 1. The second-order valence-electron chi connectivity index (χ2n) is 5.01. The summed E-state index contributed by atoms with van der Waals surface area (Å²) in [7, 11) is 0. The first-order chi connectivity index (χ1) is 8.18. The van der Waals surface area contributed by atoms with Crippen molar-refractivity contribution in [1.82, 2.24) is 10.3 Å². The number of nitrogens with zero attached hydrogens (tertiary/aromatic N) is 1. The molecule has 1 heterocycles. The van der Waals surface area contributed by atoms with Crippen molar-refractivity contribution >= 4 is 0 Å². The van der Waals surface area contributed by atoms with Gasteiger partial charge >= 0.3 is 0 Å². The van der Waals surface area contributed by atoms with Gasteiger partial charge in [0.1, 0.15) is 0 Å². The van der Waals surface area contributed by atoms with Gasteiger partial charge in [-0.05, 0) is 37.8 Å². The number of aliphatic hydroxyl groups is 2. The van der Waals surface area contributed by atoms with E-state index in [9.17, 15) is 10.2 Å². The fraction of sp³-hybridized carbons (Fsp3) is 0.615. The molecule has 0 radical (unpaired) electrons. The lowest BCUT2D eigenvalue weighted by Crippen LogP contribution is -2.51. The smallest absolute Gasteiger partial charge is 0.0633 e. The Labute approximate surface area is 102 Å². The van der Waals surface area contributed by atoms with E-state index in [1.54, 1.807) is 6.20 Å². The molecule has 4 nitrogen and oxygen atoms in total. The van der Waals surface area contributed by atoms with Crippen molar-refractivity contribution in [2.75, 3.05) is 13.2 Å². The van der Waals surface area contributed by atoms with Crippen LogP contribution in [0, 0.1) is 0 Å². The second-order valence-corrected chi connectivity index (χ2v) is 5.01. The van der Waals surface area contributed by atoms with Crippen molar-refractivity contribution < 1.29 is 10.2 Å². The normalized spacial score (nSPS) is 20.1. The standard InChI is InChI=1S/C13H20N2O2/c1-13(8-16,9-17)15-11-6-2-4-10-5-3-7-14-12(10)11/h3,5,7,11,15-17H,2,4,6,8-9H2,1H3. The highest BCUT2D eigenvalue weighted by atomic mass is 16.3. The molecule has 0 aromatic carbocycles. The molecule has 0 bridgehead atoms. The Kier molecular flexibility index (Phi) is 3.76. The van der Waals surface area contributed by atoms with Crippen molar-refractivity contribution in [2.45, 2.75) is 37.8 Å². The maximum absolute atomic E-state index is 9.32. The highest BCUT2D eigenvalue weighted by molar-refractivity contribution is 5.25. The number of aromatic nitrogens is 1. The molecule has 2 rings (SSSR count). The molecule has 1 atom stereocenters. The molecule has 1 unspecified atom stereocenters. The lowest BCUT2D eigenvalue weighted by atomic mass is 9.90. The molecule has 17 heavy (non-hydrogen) atoms. The Balaban J connectivity index is 2.19. The van der Waals surface area contributed by atoms with Gasteiger partial charge in [0, 0.05) is 6.20 Å². The van der Waals surface area contributed by atoms with Crippen LogP contribution in [0.2, 0.25) is 0 Å². The predicted molar refractivity (Wildman–Crippen MR) is 65.6 cm³/mol. The number of fused-ring (bicyclic) bond motifs is 1. The Bertz CT molecular complexity index is 377. The molecule has 0 amide bonds. The van der Waals surface area contributed by atoms with Gasteiger partial charge in [-0.15, -0.1) is 0 Å². The molecule has 0 saturated carbocycles. The first kappa shape index (κ1) is 12.5. The van der Waals surface area contributed by atoms with Gasteiger partial charge in [0.2, 0.25) is 0 Å². The van der Waals surface area contributed by atoms with E-state index in [0.29, 0.717) is 0 Å². The Morgan fingerprint density at radius 3 is 2.94 bits per heavy atom. The minimum atomic E-state index is -0.642. The number of rotatable bonds is 4. The van der Waals surface area contributed by atoms with Crippen molar-refractivity contribution in [3.8, 4) is 0 Å². The van der Waals surface area contributed by atoms with Gasteiger partial charge in [-0.3, -0.25) is 10.3 Å². The van der Waals surface area contributed by atoms with Gasteiger partial charge in [0.25, 0.3) is 0 Å². The largest absolute Gasteiger partial charge is 0.394 e. The number of nitrogens with one attached hydrogen (secondary N) is 1. The van der Waals surface area contributed by atoms with Crippen LogP contribution in [0.4, 0.5) is 0 Å². The minimum absolute atomic E-state index is 0.0812. The first-order valence-electron chi connectivity index (χ1n) is 6.12. The zero-order chi connectivity index (χ0) is 12.3. The summed E-state index contributed by atoms with van der Waals surface area (Å²) < 4.78 is 0. The summed E-state index contributed by atoms with van der Waals surface area (Å²) in [5, 5.41) is 22.0. The first-order valence-corrected chi connectivity index (χ1v) is 6.12. The van der Waals surface area contributed by atoms with Crippen LogP contribution in [-0.4, -0.2) is 33.9 Å². The Morgan fingerprint density at radius 1 is 1.47 bits per heavy atom. The highest BCUT2D eigenvalue weighted by Crippen LogP contribution is 2.29. The summed E-state index contributed by atoms with van der Waals surface area (Å²) in [5.74, 6) is 0. The minimum Gasteiger partial charge on any atom is -0.394 e. The molecule has 0 fully saturated rings. The van der Waals surface area contributed by atoms with Gasteiger partial charge in [0.05, 0.1) is 30.5 Å². The molecule has 0 aliphatic heterocycles. The summed E-state index contributed by atoms with van der Waals surface area (Å²) in [6.45, 7) is 1.66. The predicted octanol–water partition coefficient (Wildman–Crippen LogP) is 0.792. The van der Waals surface area contributed by atoms with E-state index in [1.807, 2.05) is 13.0 Å². The summed E-state index contributed by atoms with van der Waals surface area (Å²) in [6, 6.07) is 4.19. The van der Waals surface area contributed by atoms with E-state index >= 15 is 0 Å². The van der Waals surface area contributed by atoms with Crippen LogP contribution < -0.4 is 5.32 Å². The molecule has 1 aliphatic rings. The third-order valence-electron chi connectivity index (χ3n) is 3.42. The van der Waals surface area contributed by atoms with Gasteiger partial charge in [0.15, 0.2) is 0 Å². The molecule has 0 spiro atoms. The summed E-state index contributed by atoms with van der Waals surface area (Å²) in [6.07, 6.45) is 4.98. The van der Waals surface area contributed by atoms with Crippen molar-refractivity contribution in [2.24, 2.45) is 0 Å². The number of aliphatic hydroxyl groups excluding tert-OH is 2. The molecule has 3 N–H and O–H groups in total. The lowest BCUT2D eigenvalue weighted by Gasteiger charge is -2.34. The molecule has 1 aliphatic carbocycles. The molecule has 1 aromatic heterocycles. The fourth-order valence-corrected chi connectivity index (χ4v) is 2.31. The van der Waals surface area contributed by atoms with Crippen molar-refractivity contribution in [1.29, 1.82) is 0 Å². The Morgan fingerprint density at radius 2 is 2.24 bits per heavy atom. The molecule has 94 valence electrons. The molecule has 4 heteroatoms. The number of hydrogen-bond donors (Lipinski definition) is 3. The van der Waals surface area contributed by atoms with Crippen LogP contribution in [0.1, 0.15) is 37.1 Å². The monoisotopic (exact) mass is 236 g/mol. The zero-order valence-corrected chi connectivity index (χ0v) is 10.2. The maximum atomic E-state index is 9.32. The van der Waals surface area contributed by atoms with Gasteiger partial charge in [-0.2, -0.15) is 0 Å². The van der Waals surface area contributed by atoms with Crippen molar-refractivity contribution in [3.63, 3.8) is 0 Å². The van der Waals surface area contributed by atoms with E-state index < -0.39 is 5.54 Å². The number of hydrogen-bond acceptors (Lipinski definition) is 4. The summed E-state index contributed by atoms with van der Waals surface area (Å²) >= 11 is 0. The number of pyridine rings is 1. The quantitative estimate of drug-likeness (QED) is 0.723. The van der Waals surface area contributed by atoms with E-state index in [1.165, 1.54) is 5.56 Å². The molecular weight excluding hydrogens is 216 g/mol. The van der Waals surface area contributed by atoms with E-state index in [4.69, 9.17) is 0 Å². The van der Waals surface area contributed by atoms with Gasteiger partial charge in [-0.25, -0.2) is 0 Å². The van der Waals surface area contributed by atoms with Crippen LogP contribution in [0.25, 0.3) is 0 Å². The SMILES string of the molecule is CC(CO)(CO)NC1CCCc2cccnc21. The summed E-state index contributed by atoms with van der Waals surface area (Å²) in [5.41, 5.74) is 1.69. The third-order valence-corrected chi connectivity index (χ3v) is 3.42. The van der Waals surface area contributed by atoms with Crippen LogP contribution >= 0.6 is 0 Å². The molecule has 1 aromatic rings. The average molecular weight is 236 g/mol. The topological polar surface area (TPSA) is 65.4 Å². The van der Waals surface area contributed by atoms with Crippen LogP contribution in [-0.2, 0) is 6.42 Å². The van der Waals surface area contributed by atoms with Gasteiger partial charge in [-0.1, -0.05) is 6.07 Å². The third kappa shape index (κ3) is 2.65. The van der Waals surface area contributed by atoms with Crippen LogP contribution in [0.15, 0.2) is 18.3 Å². The van der Waals surface area contributed by atoms with Crippen LogP contribution in [0.3, 0.4) is 0 Å². The average Bonchev–Trinajstić information content (AvgIpc) is 2.39. The Hall–Kier alpha value is -0.970. The highest BCUT2D eigenvalue weighted by Gasteiger charge is 2.29.